The average molecular weight is 241 g/mol. The highest BCUT2D eigenvalue weighted by atomic mass is 16.4. The third-order valence-electron chi connectivity index (χ3n) is 2.79. The first kappa shape index (κ1) is 15.2. The maximum atomic E-state index is 11.9. The minimum atomic E-state index is -1.02. The molecule has 0 aromatic carbocycles. The third-order valence-corrected chi connectivity index (χ3v) is 2.79. The molecule has 0 aliphatic rings. The first-order valence-electron chi connectivity index (χ1n) is 5.46. The number of carboxylic acids is 1. The van der Waals surface area contributed by atoms with Crippen molar-refractivity contribution in [2.24, 2.45) is 0 Å². The molecule has 0 aliphatic heterocycles. The summed E-state index contributed by atoms with van der Waals surface area (Å²) in [6.45, 7) is 3.46. The first-order chi connectivity index (χ1) is 7.86. The SMILES string of the molecule is CCC(C(=O)O)N(C)C(=O)N(C)C(C)CC#N. The van der Waals surface area contributed by atoms with Crippen LogP contribution in [0.2, 0.25) is 0 Å². The van der Waals surface area contributed by atoms with Crippen molar-refractivity contribution >= 4 is 12.0 Å². The zero-order valence-electron chi connectivity index (χ0n) is 10.7. The second-order valence-corrected chi connectivity index (χ2v) is 3.98. The molecule has 0 bridgehead atoms. The Balaban J connectivity index is 4.69. The summed E-state index contributed by atoms with van der Waals surface area (Å²) in [7, 11) is 3.02. The van der Waals surface area contributed by atoms with Gasteiger partial charge in [0.05, 0.1) is 12.5 Å². The molecular weight excluding hydrogens is 222 g/mol. The Kier molecular flexibility index (Phi) is 6.03. The fraction of sp³-hybridized carbons (Fsp3) is 0.727. The molecule has 0 fully saturated rings. The second kappa shape index (κ2) is 6.74. The standard InChI is InChI=1S/C11H19N3O3/c1-5-9(10(15)16)14(4)11(17)13(3)8(2)6-7-12/h8-9H,5-6H2,1-4H3,(H,15,16). The van der Waals surface area contributed by atoms with Gasteiger partial charge in [-0.05, 0) is 13.3 Å². The van der Waals surface area contributed by atoms with Crippen LogP contribution >= 0.6 is 0 Å². The summed E-state index contributed by atoms with van der Waals surface area (Å²) < 4.78 is 0. The Morgan fingerprint density at radius 1 is 1.35 bits per heavy atom. The van der Waals surface area contributed by atoms with E-state index in [1.54, 1.807) is 20.9 Å². The number of hydrogen-bond acceptors (Lipinski definition) is 3. The molecule has 0 saturated carbocycles. The lowest BCUT2D eigenvalue weighted by Gasteiger charge is -2.31. The molecule has 96 valence electrons. The fourth-order valence-electron chi connectivity index (χ4n) is 1.45. The number of carbonyl (C=O) groups excluding carboxylic acids is 1. The fourth-order valence-corrected chi connectivity index (χ4v) is 1.45. The van der Waals surface area contributed by atoms with Gasteiger partial charge in [-0.1, -0.05) is 6.92 Å². The van der Waals surface area contributed by atoms with E-state index < -0.39 is 12.0 Å². The van der Waals surface area contributed by atoms with Gasteiger partial charge in [-0.15, -0.1) is 0 Å². The molecule has 0 spiro atoms. The zero-order chi connectivity index (χ0) is 13.6. The highest BCUT2D eigenvalue weighted by molar-refractivity contribution is 5.82. The molecule has 2 amide bonds. The number of nitrogens with zero attached hydrogens (tertiary/aromatic N) is 3. The number of nitriles is 1. The van der Waals surface area contributed by atoms with Gasteiger partial charge >= 0.3 is 12.0 Å². The lowest BCUT2D eigenvalue weighted by molar-refractivity contribution is -0.142. The molecule has 2 unspecified atom stereocenters. The Bertz CT molecular complexity index is 324. The molecule has 6 nitrogen and oxygen atoms in total. The van der Waals surface area contributed by atoms with E-state index in [9.17, 15) is 9.59 Å². The molecule has 1 N–H and O–H groups in total. The number of hydrogen-bond donors (Lipinski definition) is 1. The predicted molar refractivity (Wildman–Crippen MR) is 62.3 cm³/mol. The first-order valence-corrected chi connectivity index (χ1v) is 5.46. The molecule has 0 saturated heterocycles. The minimum Gasteiger partial charge on any atom is -0.480 e. The van der Waals surface area contributed by atoms with Gasteiger partial charge < -0.3 is 14.9 Å². The molecule has 17 heavy (non-hydrogen) atoms. The van der Waals surface area contributed by atoms with Crippen LogP contribution in [-0.2, 0) is 4.79 Å². The Morgan fingerprint density at radius 3 is 2.24 bits per heavy atom. The summed E-state index contributed by atoms with van der Waals surface area (Å²) >= 11 is 0. The van der Waals surface area contributed by atoms with Crippen molar-refractivity contribution in [3.63, 3.8) is 0 Å². The van der Waals surface area contributed by atoms with Crippen molar-refractivity contribution in [3.8, 4) is 6.07 Å². The van der Waals surface area contributed by atoms with Crippen molar-refractivity contribution in [2.45, 2.75) is 38.8 Å². The number of aliphatic carboxylic acids is 1. The molecular formula is C11H19N3O3. The monoisotopic (exact) mass is 241 g/mol. The molecule has 6 heteroatoms. The Hall–Kier alpha value is -1.77. The van der Waals surface area contributed by atoms with Crippen molar-refractivity contribution < 1.29 is 14.7 Å². The minimum absolute atomic E-state index is 0.222. The van der Waals surface area contributed by atoms with Crippen LogP contribution in [0.1, 0.15) is 26.7 Å². The van der Waals surface area contributed by atoms with E-state index in [2.05, 4.69) is 0 Å². The van der Waals surface area contributed by atoms with Gasteiger partial charge in [-0.2, -0.15) is 5.26 Å². The van der Waals surface area contributed by atoms with Crippen LogP contribution in [0.4, 0.5) is 4.79 Å². The summed E-state index contributed by atoms with van der Waals surface area (Å²) in [6.07, 6.45) is 0.567. The Morgan fingerprint density at radius 2 is 1.88 bits per heavy atom. The van der Waals surface area contributed by atoms with E-state index in [-0.39, 0.29) is 18.5 Å². The molecule has 0 rings (SSSR count). The average Bonchev–Trinajstić information content (AvgIpc) is 2.27. The lowest BCUT2D eigenvalue weighted by atomic mass is 10.2. The number of urea groups is 1. The quantitative estimate of drug-likeness (QED) is 0.782. The third kappa shape index (κ3) is 3.94. The van der Waals surface area contributed by atoms with Crippen LogP contribution in [0.5, 0.6) is 0 Å². The van der Waals surface area contributed by atoms with E-state index >= 15 is 0 Å². The predicted octanol–water partition coefficient (Wildman–Crippen LogP) is 1.14. The van der Waals surface area contributed by atoms with Crippen LogP contribution < -0.4 is 0 Å². The number of amides is 2. The topological polar surface area (TPSA) is 84.6 Å². The van der Waals surface area contributed by atoms with Gasteiger partial charge in [0.1, 0.15) is 6.04 Å². The van der Waals surface area contributed by atoms with E-state index in [4.69, 9.17) is 10.4 Å². The van der Waals surface area contributed by atoms with E-state index in [1.165, 1.54) is 16.8 Å². The van der Waals surface area contributed by atoms with E-state index in [0.717, 1.165) is 0 Å². The number of carbonyl (C=O) groups is 2. The van der Waals surface area contributed by atoms with Crippen molar-refractivity contribution in [3.05, 3.63) is 0 Å². The van der Waals surface area contributed by atoms with Gasteiger partial charge in [-0.3, -0.25) is 0 Å². The highest BCUT2D eigenvalue weighted by Gasteiger charge is 2.28. The van der Waals surface area contributed by atoms with Crippen molar-refractivity contribution in [1.82, 2.24) is 9.80 Å². The van der Waals surface area contributed by atoms with Gasteiger partial charge in [-0.25, -0.2) is 9.59 Å². The van der Waals surface area contributed by atoms with Gasteiger partial charge in [0, 0.05) is 20.1 Å². The molecule has 0 radical (unpaired) electrons. The molecule has 2 atom stereocenters. The van der Waals surface area contributed by atoms with E-state index in [1.807, 2.05) is 6.07 Å². The Labute approximate surface area is 101 Å². The van der Waals surface area contributed by atoms with Crippen LogP contribution in [-0.4, -0.2) is 53.1 Å². The molecule has 0 aromatic heterocycles. The maximum Gasteiger partial charge on any atom is 0.326 e. The van der Waals surface area contributed by atoms with Crippen LogP contribution in [0.15, 0.2) is 0 Å². The summed E-state index contributed by atoms with van der Waals surface area (Å²) in [5.41, 5.74) is 0. The highest BCUT2D eigenvalue weighted by Crippen LogP contribution is 2.09. The van der Waals surface area contributed by atoms with Crippen molar-refractivity contribution in [2.75, 3.05) is 14.1 Å². The summed E-state index contributed by atoms with van der Waals surface area (Å²) in [5.74, 6) is -1.02. The van der Waals surface area contributed by atoms with Gasteiger partial charge in [0.15, 0.2) is 0 Å². The molecule has 0 aliphatic carbocycles. The lowest BCUT2D eigenvalue weighted by Crippen LogP contribution is -2.49. The number of rotatable bonds is 5. The second-order valence-electron chi connectivity index (χ2n) is 3.98. The normalized spacial score (nSPS) is 13.4. The summed E-state index contributed by atoms with van der Waals surface area (Å²) in [6, 6.07) is 0.523. The van der Waals surface area contributed by atoms with Gasteiger partial charge in [0.2, 0.25) is 0 Å². The zero-order valence-corrected chi connectivity index (χ0v) is 10.7. The van der Waals surface area contributed by atoms with Crippen molar-refractivity contribution in [1.29, 1.82) is 5.26 Å². The number of likely N-dealkylation sites (N-methyl/N-ethyl adjacent to an activating group) is 1. The van der Waals surface area contributed by atoms with E-state index in [0.29, 0.717) is 6.42 Å². The van der Waals surface area contributed by atoms with Crippen LogP contribution in [0.3, 0.4) is 0 Å². The molecule has 0 heterocycles. The smallest absolute Gasteiger partial charge is 0.326 e. The van der Waals surface area contributed by atoms with Crippen LogP contribution in [0.25, 0.3) is 0 Å². The largest absolute Gasteiger partial charge is 0.480 e. The molecule has 0 aromatic rings. The summed E-state index contributed by atoms with van der Waals surface area (Å²) in [4.78, 5) is 25.4. The number of carboxylic acid groups (broad SMARTS) is 1. The van der Waals surface area contributed by atoms with Gasteiger partial charge in [0.25, 0.3) is 0 Å². The maximum absolute atomic E-state index is 11.9. The van der Waals surface area contributed by atoms with Crippen LogP contribution in [0, 0.1) is 11.3 Å². The summed E-state index contributed by atoms with van der Waals surface area (Å²) in [5, 5.41) is 17.5.